The van der Waals surface area contributed by atoms with Crippen molar-refractivity contribution in [1.29, 1.82) is 0 Å². The molecule has 0 saturated carbocycles. The molecule has 0 saturated heterocycles. The van der Waals surface area contributed by atoms with Crippen LogP contribution in [-0.2, 0) is 16.1 Å². The predicted octanol–water partition coefficient (Wildman–Crippen LogP) is 4.40. The van der Waals surface area contributed by atoms with E-state index in [0.29, 0.717) is 17.1 Å². The minimum absolute atomic E-state index is 0.187. The zero-order valence-corrected chi connectivity index (χ0v) is 17.0. The van der Waals surface area contributed by atoms with Crippen molar-refractivity contribution in [3.63, 3.8) is 0 Å². The van der Waals surface area contributed by atoms with Crippen molar-refractivity contribution in [2.24, 2.45) is 5.92 Å². The lowest BCUT2D eigenvalue weighted by atomic mass is 10.1. The van der Waals surface area contributed by atoms with Gasteiger partial charge in [0.15, 0.2) is 0 Å². The summed E-state index contributed by atoms with van der Waals surface area (Å²) in [6, 6.07) is 15.8. The minimum Gasteiger partial charge on any atom is -0.469 e. The summed E-state index contributed by atoms with van der Waals surface area (Å²) in [5.74, 6) is -1.58. The number of carbonyl (C=O) groups excluding carboxylic acids is 2. The summed E-state index contributed by atoms with van der Waals surface area (Å²) in [6.07, 6.45) is 0. The van der Waals surface area contributed by atoms with Gasteiger partial charge in [-0.05, 0) is 17.7 Å². The van der Waals surface area contributed by atoms with E-state index in [1.807, 2.05) is 30.3 Å². The number of carbonyl (C=O) groups is 2. The third-order valence-corrected chi connectivity index (χ3v) is 5.30. The molecule has 0 aliphatic carbocycles. The van der Waals surface area contributed by atoms with E-state index in [1.165, 1.54) is 24.5 Å². The number of rotatable bonds is 7. The average molecular weight is 412 g/mol. The van der Waals surface area contributed by atoms with E-state index in [2.05, 4.69) is 4.98 Å². The maximum absolute atomic E-state index is 14.1. The molecule has 0 aliphatic rings. The summed E-state index contributed by atoms with van der Waals surface area (Å²) in [4.78, 5) is 30.9. The van der Waals surface area contributed by atoms with Gasteiger partial charge < -0.3 is 9.64 Å². The lowest BCUT2D eigenvalue weighted by molar-refractivity contribution is -0.145. The summed E-state index contributed by atoms with van der Waals surface area (Å²) in [6.45, 7) is 2.23. The number of nitrogens with zero attached hydrogens (tertiary/aromatic N) is 2. The van der Waals surface area contributed by atoms with Gasteiger partial charge in [-0.3, -0.25) is 9.59 Å². The molecule has 2 aromatic carbocycles. The van der Waals surface area contributed by atoms with Crippen molar-refractivity contribution in [2.45, 2.75) is 13.5 Å². The molecule has 5 nitrogen and oxygen atoms in total. The Balaban J connectivity index is 1.86. The zero-order valence-electron chi connectivity index (χ0n) is 16.2. The lowest BCUT2D eigenvalue weighted by Gasteiger charge is -2.24. The van der Waals surface area contributed by atoms with E-state index < -0.39 is 5.92 Å². The number of ether oxygens (including phenoxy) is 1. The Bertz CT molecular complexity index is 990. The van der Waals surface area contributed by atoms with Gasteiger partial charge in [0, 0.05) is 24.0 Å². The van der Waals surface area contributed by atoms with Crippen LogP contribution in [0.4, 0.5) is 4.39 Å². The Labute approximate surface area is 172 Å². The summed E-state index contributed by atoms with van der Waals surface area (Å²) in [7, 11) is 1.32. The quantitative estimate of drug-likeness (QED) is 0.540. The molecule has 0 spiro atoms. The van der Waals surface area contributed by atoms with Crippen LogP contribution >= 0.6 is 11.3 Å². The summed E-state index contributed by atoms with van der Waals surface area (Å²) in [5.41, 5.74) is 1.51. The van der Waals surface area contributed by atoms with Crippen LogP contribution in [0.3, 0.4) is 0 Å². The molecule has 3 rings (SSSR count). The highest BCUT2D eigenvalue weighted by molar-refractivity contribution is 7.13. The van der Waals surface area contributed by atoms with Crippen LogP contribution in [0.25, 0.3) is 10.6 Å². The summed E-state index contributed by atoms with van der Waals surface area (Å²) in [5, 5.41) is 2.05. The van der Waals surface area contributed by atoms with Gasteiger partial charge in [-0.15, -0.1) is 11.3 Å². The third-order valence-electron chi connectivity index (χ3n) is 4.43. The first-order valence-corrected chi connectivity index (χ1v) is 9.99. The van der Waals surface area contributed by atoms with Crippen molar-refractivity contribution >= 4 is 23.2 Å². The number of halogens is 1. The van der Waals surface area contributed by atoms with Crippen molar-refractivity contribution < 1.29 is 18.7 Å². The van der Waals surface area contributed by atoms with Gasteiger partial charge in [0.1, 0.15) is 16.5 Å². The molecule has 1 aromatic heterocycles. The highest BCUT2D eigenvalue weighted by atomic mass is 32.1. The van der Waals surface area contributed by atoms with Crippen LogP contribution in [0, 0.1) is 11.7 Å². The van der Waals surface area contributed by atoms with Gasteiger partial charge in [-0.1, -0.05) is 49.4 Å². The van der Waals surface area contributed by atoms with Crippen molar-refractivity contribution in [3.8, 4) is 10.6 Å². The largest absolute Gasteiger partial charge is 0.469 e. The predicted molar refractivity (Wildman–Crippen MR) is 110 cm³/mol. The number of esters is 1. The molecule has 1 heterocycles. The maximum Gasteiger partial charge on any atom is 0.310 e. The molecule has 0 aliphatic heterocycles. The first-order chi connectivity index (χ1) is 14.0. The Morgan fingerprint density at radius 2 is 1.83 bits per heavy atom. The Hall–Kier alpha value is -3.06. The molecule has 0 radical (unpaired) electrons. The topological polar surface area (TPSA) is 59.5 Å². The van der Waals surface area contributed by atoms with Gasteiger partial charge in [0.25, 0.3) is 5.91 Å². The Morgan fingerprint density at radius 3 is 2.52 bits per heavy atom. The highest BCUT2D eigenvalue weighted by Crippen LogP contribution is 2.27. The number of methoxy groups -OCH3 is 1. The minimum atomic E-state index is -0.489. The molecule has 1 amide bonds. The Morgan fingerprint density at radius 1 is 1.14 bits per heavy atom. The normalized spacial score (nSPS) is 11.7. The van der Waals surface area contributed by atoms with E-state index >= 15 is 0 Å². The van der Waals surface area contributed by atoms with Crippen LogP contribution in [0.1, 0.15) is 23.0 Å². The third kappa shape index (κ3) is 5.06. The second kappa shape index (κ2) is 9.43. The number of hydrogen-bond acceptors (Lipinski definition) is 5. The van der Waals surface area contributed by atoms with Gasteiger partial charge in [0.2, 0.25) is 0 Å². The fourth-order valence-corrected chi connectivity index (χ4v) is 3.74. The monoisotopic (exact) mass is 412 g/mol. The smallest absolute Gasteiger partial charge is 0.310 e. The number of hydrogen-bond donors (Lipinski definition) is 0. The van der Waals surface area contributed by atoms with Crippen LogP contribution in [0.2, 0.25) is 0 Å². The van der Waals surface area contributed by atoms with E-state index in [0.717, 1.165) is 5.56 Å². The van der Waals surface area contributed by atoms with Crippen molar-refractivity contribution in [3.05, 3.63) is 77.1 Å². The SMILES string of the molecule is COC(=O)C(C)CN(Cc1ccccc1)C(=O)c1csc(-c2ccccc2F)n1. The number of thiazole rings is 1. The molecule has 0 N–H and O–H groups in total. The first-order valence-electron chi connectivity index (χ1n) is 9.11. The second-order valence-electron chi connectivity index (χ2n) is 6.61. The van der Waals surface area contributed by atoms with Crippen molar-refractivity contribution in [1.82, 2.24) is 9.88 Å². The Kier molecular flexibility index (Phi) is 6.72. The van der Waals surface area contributed by atoms with Gasteiger partial charge >= 0.3 is 5.97 Å². The van der Waals surface area contributed by atoms with E-state index in [4.69, 9.17) is 4.74 Å². The molecular weight excluding hydrogens is 391 g/mol. The molecule has 3 aromatic rings. The maximum atomic E-state index is 14.1. The van der Waals surface area contributed by atoms with Gasteiger partial charge in [-0.25, -0.2) is 9.37 Å². The molecule has 0 bridgehead atoms. The molecule has 7 heteroatoms. The van der Waals surface area contributed by atoms with Crippen molar-refractivity contribution in [2.75, 3.05) is 13.7 Å². The lowest BCUT2D eigenvalue weighted by Crippen LogP contribution is -2.37. The van der Waals surface area contributed by atoms with Gasteiger partial charge in [-0.2, -0.15) is 0 Å². The van der Waals surface area contributed by atoms with Gasteiger partial charge in [0.05, 0.1) is 13.0 Å². The van der Waals surface area contributed by atoms with Crippen LogP contribution in [0.15, 0.2) is 60.0 Å². The first kappa shape index (κ1) is 20.7. The van der Waals surface area contributed by atoms with Crippen LogP contribution in [-0.4, -0.2) is 35.4 Å². The number of amides is 1. The number of benzene rings is 2. The van der Waals surface area contributed by atoms with E-state index in [9.17, 15) is 14.0 Å². The molecular formula is C22H21FN2O3S. The fourth-order valence-electron chi connectivity index (χ4n) is 2.92. The molecule has 1 unspecified atom stereocenters. The summed E-state index contributed by atoms with van der Waals surface area (Å²) >= 11 is 1.21. The average Bonchev–Trinajstić information content (AvgIpc) is 3.23. The van der Waals surface area contributed by atoms with Crippen LogP contribution in [0.5, 0.6) is 0 Å². The fraction of sp³-hybridized carbons (Fsp3) is 0.227. The summed E-state index contributed by atoms with van der Waals surface area (Å²) < 4.78 is 18.8. The van der Waals surface area contributed by atoms with Crippen LogP contribution < -0.4 is 0 Å². The molecule has 0 fully saturated rings. The zero-order chi connectivity index (χ0) is 20.8. The van der Waals surface area contributed by atoms with E-state index in [1.54, 1.807) is 35.4 Å². The molecule has 29 heavy (non-hydrogen) atoms. The highest BCUT2D eigenvalue weighted by Gasteiger charge is 2.25. The standard InChI is InChI=1S/C22H21FN2O3S/c1-15(22(27)28-2)12-25(13-16-8-4-3-5-9-16)21(26)19-14-29-20(24-19)17-10-6-7-11-18(17)23/h3-11,14-15H,12-13H2,1-2H3. The number of aromatic nitrogens is 1. The van der Waals surface area contributed by atoms with E-state index in [-0.39, 0.29) is 29.9 Å². The second-order valence-corrected chi connectivity index (χ2v) is 7.47. The molecule has 150 valence electrons. The molecule has 1 atom stereocenters.